The number of pyridine rings is 1. The van der Waals surface area contributed by atoms with Gasteiger partial charge in [0.05, 0.1) is 5.56 Å². The van der Waals surface area contributed by atoms with Crippen molar-refractivity contribution in [1.29, 1.82) is 0 Å². The number of halogens is 1. The van der Waals surface area contributed by atoms with Crippen LogP contribution < -0.4 is 5.32 Å². The van der Waals surface area contributed by atoms with E-state index in [4.69, 9.17) is 0 Å². The number of nitrogens with one attached hydrogen (secondary N) is 1. The van der Waals surface area contributed by atoms with E-state index in [-0.39, 0.29) is 17.8 Å². The molecule has 26 heavy (non-hydrogen) atoms. The molecule has 1 aromatic carbocycles. The first-order valence-corrected chi connectivity index (χ1v) is 10.2. The molecule has 1 aromatic heterocycles. The van der Waals surface area contributed by atoms with Crippen LogP contribution in [-0.4, -0.2) is 16.9 Å². The summed E-state index contributed by atoms with van der Waals surface area (Å²) in [6, 6.07) is 10.5. The van der Waals surface area contributed by atoms with Gasteiger partial charge in [0.25, 0.3) is 5.91 Å². The minimum atomic E-state index is -0.230. The van der Waals surface area contributed by atoms with Crippen LogP contribution in [0.1, 0.15) is 49.0 Å². The van der Waals surface area contributed by atoms with Gasteiger partial charge in [-0.15, -0.1) is 11.8 Å². The van der Waals surface area contributed by atoms with E-state index in [9.17, 15) is 9.18 Å². The molecule has 0 radical (unpaired) electrons. The fraction of sp³-hybridized carbons (Fsp3) is 0.429. The van der Waals surface area contributed by atoms with E-state index in [2.05, 4.69) is 24.1 Å². The number of thioether (sulfide) groups is 1. The van der Waals surface area contributed by atoms with Crippen molar-refractivity contribution in [2.45, 2.75) is 49.9 Å². The first kappa shape index (κ1) is 18.9. The molecule has 1 heterocycles. The second-order valence-corrected chi connectivity index (χ2v) is 8.05. The van der Waals surface area contributed by atoms with Crippen molar-refractivity contribution in [3.63, 3.8) is 0 Å². The monoisotopic (exact) mass is 372 g/mol. The Hall–Kier alpha value is -1.88. The van der Waals surface area contributed by atoms with E-state index in [1.165, 1.54) is 24.2 Å². The minimum absolute atomic E-state index is 0.0833. The molecule has 138 valence electrons. The van der Waals surface area contributed by atoms with Crippen LogP contribution in [0.3, 0.4) is 0 Å². The summed E-state index contributed by atoms with van der Waals surface area (Å²) >= 11 is 1.39. The van der Waals surface area contributed by atoms with E-state index in [1.807, 2.05) is 6.07 Å². The molecular weight excluding hydrogens is 347 g/mol. The molecule has 3 atom stereocenters. The van der Waals surface area contributed by atoms with Crippen molar-refractivity contribution in [3.05, 3.63) is 59.5 Å². The van der Waals surface area contributed by atoms with Gasteiger partial charge in [0, 0.05) is 18.0 Å². The molecule has 0 aliphatic heterocycles. The van der Waals surface area contributed by atoms with Crippen LogP contribution in [0.5, 0.6) is 0 Å². The zero-order valence-electron chi connectivity index (χ0n) is 15.2. The third-order valence-corrected chi connectivity index (χ3v) is 6.42. The van der Waals surface area contributed by atoms with Crippen molar-refractivity contribution in [3.8, 4) is 0 Å². The van der Waals surface area contributed by atoms with E-state index < -0.39 is 0 Å². The molecular formula is C21H25FN2OS. The fourth-order valence-electron chi connectivity index (χ4n) is 3.47. The van der Waals surface area contributed by atoms with Crippen LogP contribution in [0, 0.1) is 17.7 Å². The topological polar surface area (TPSA) is 42.0 Å². The summed E-state index contributed by atoms with van der Waals surface area (Å²) < 4.78 is 13.8. The highest BCUT2D eigenvalue weighted by Gasteiger charge is 2.29. The van der Waals surface area contributed by atoms with Gasteiger partial charge in [-0.05, 0) is 42.0 Å². The van der Waals surface area contributed by atoms with Crippen LogP contribution >= 0.6 is 11.8 Å². The predicted molar refractivity (Wildman–Crippen MR) is 104 cm³/mol. The minimum Gasteiger partial charge on any atom is -0.349 e. The average molecular weight is 373 g/mol. The van der Waals surface area contributed by atoms with Gasteiger partial charge in [0.2, 0.25) is 0 Å². The van der Waals surface area contributed by atoms with E-state index in [1.54, 1.807) is 30.5 Å². The van der Waals surface area contributed by atoms with Gasteiger partial charge in [0.1, 0.15) is 10.8 Å². The maximum Gasteiger partial charge on any atom is 0.254 e. The van der Waals surface area contributed by atoms with E-state index in [0.29, 0.717) is 33.7 Å². The Labute approximate surface area is 158 Å². The largest absolute Gasteiger partial charge is 0.349 e. The number of hydrogen-bond donors (Lipinski definition) is 1. The molecule has 3 unspecified atom stereocenters. The Kier molecular flexibility index (Phi) is 6.30. The standard InChI is InChI=1S/C21H25FN2OS/c1-14-7-5-11-19(15(14)2)24-20(25)17-9-6-12-23-21(17)26-13-16-8-3-4-10-18(16)22/h3-4,6,8-10,12,14-15,19H,5,7,11,13H2,1-2H3,(H,24,25). The predicted octanol–water partition coefficient (Wildman–Crippen LogP) is 5.07. The summed E-state index contributed by atoms with van der Waals surface area (Å²) in [5.74, 6) is 1.23. The Bertz CT molecular complexity index is 767. The van der Waals surface area contributed by atoms with Gasteiger partial charge in [0.15, 0.2) is 0 Å². The molecule has 1 fully saturated rings. The Morgan fingerprint density at radius 1 is 1.23 bits per heavy atom. The molecule has 0 saturated heterocycles. The SMILES string of the molecule is CC1CCCC(NC(=O)c2cccnc2SCc2ccccc2F)C1C. The molecule has 1 amide bonds. The van der Waals surface area contributed by atoms with E-state index in [0.717, 1.165) is 12.8 Å². The molecule has 3 rings (SSSR count). The normalized spacial score (nSPS) is 22.8. The number of nitrogens with zero attached hydrogens (tertiary/aromatic N) is 1. The summed E-state index contributed by atoms with van der Waals surface area (Å²) in [4.78, 5) is 17.2. The molecule has 1 saturated carbocycles. The summed E-state index contributed by atoms with van der Waals surface area (Å²) in [6.07, 6.45) is 5.07. The number of rotatable bonds is 5. The molecule has 1 aliphatic carbocycles. The van der Waals surface area contributed by atoms with Gasteiger partial charge < -0.3 is 5.32 Å². The van der Waals surface area contributed by atoms with Crippen LogP contribution in [0.4, 0.5) is 4.39 Å². The van der Waals surface area contributed by atoms with Gasteiger partial charge in [-0.25, -0.2) is 9.37 Å². The van der Waals surface area contributed by atoms with Gasteiger partial charge in [-0.1, -0.05) is 44.9 Å². The Balaban J connectivity index is 1.70. The number of hydrogen-bond acceptors (Lipinski definition) is 3. The molecule has 5 heteroatoms. The van der Waals surface area contributed by atoms with Crippen LogP contribution in [0.15, 0.2) is 47.6 Å². The summed E-state index contributed by atoms with van der Waals surface area (Å²) in [7, 11) is 0. The maximum absolute atomic E-state index is 13.8. The van der Waals surface area contributed by atoms with Crippen molar-refractivity contribution >= 4 is 17.7 Å². The van der Waals surface area contributed by atoms with Crippen molar-refractivity contribution in [2.75, 3.05) is 0 Å². The van der Waals surface area contributed by atoms with Crippen LogP contribution in [0.25, 0.3) is 0 Å². The lowest BCUT2D eigenvalue weighted by atomic mass is 9.78. The number of benzene rings is 1. The molecule has 2 aromatic rings. The van der Waals surface area contributed by atoms with Crippen molar-refractivity contribution in [1.82, 2.24) is 10.3 Å². The third kappa shape index (κ3) is 4.44. The van der Waals surface area contributed by atoms with Gasteiger partial charge in [-0.2, -0.15) is 0 Å². The summed E-state index contributed by atoms with van der Waals surface area (Å²) in [6.45, 7) is 4.47. The van der Waals surface area contributed by atoms with E-state index >= 15 is 0 Å². The smallest absolute Gasteiger partial charge is 0.254 e. The number of carbonyl (C=O) groups is 1. The molecule has 1 aliphatic rings. The quantitative estimate of drug-likeness (QED) is 0.745. The Morgan fingerprint density at radius 2 is 2.04 bits per heavy atom. The Morgan fingerprint density at radius 3 is 2.85 bits per heavy atom. The average Bonchev–Trinajstić information content (AvgIpc) is 2.65. The van der Waals surface area contributed by atoms with Gasteiger partial charge >= 0.3 is 0 Å². The van der Waals surface area contributed by atoms with Crippen LogP contribution in [0.2, 0.25) is 0 Å². The summed E-state index contributed by atoms with van der Waals surface area (Å²) in [5, 5.41) is 3.84. The lowest BCUT2D eigenvalue weighted by Crippen LogP contribution is -2.43. The number of carbonyl (C=O) groups excluding carboxylic acids is 1. The number of amides is 1. The highest BCUT2D eigenvalue weighted by molar-refractivity contribution is 7.98. The molecule has 1 N–H and O–H groups in total. The first-order chi connectivity index (χ1) is 12.6. The second kappa shape index (κ2) is 8.67. The lowest BCUT2D eigenvalue weighted by molar-refractivity contribution is 0.0887. The fourth-order valence-corrected chi connectivity index (χ4v) is 4.45. The highest BCUT2D eigenvalue weighted by atomic mass is 32.2. The summed E-state index contributed by atoms with van der Waals surface area (Å²) in [5.41, 5.74) is 1.18. The second-order valence-electron chi connectivity index (χ2n) is 7.08. The molecule has 0 spiro atoms. The van der Waals surface area contributed by atoms with Crippen molar-refractivity contribution in [2.24, 2.45) is 11.8 Å². The molecule has 3 nitrogen and oxygen atoms in total. The first-order valence-electron chi connectivity index (χ1n) is 9.18. The lowest BCUT2D eigenvalue weighted by Gasteiger charge is -2.34. The maximum atomic E-state index is 13.8. The van der Waals surface area contributed by atoms with Crippen molar-refractivity contribution < 1.29 is 9.18 Å². The zero-order valence-corrected chi connectivity index (χ0v) is 16.1. The number of aromatic nitrogens is 1. The van der Waals surface area contributed by atoms with Gasteiger partial charge in [-0.3, -0.25) is 4.79 Å². The molecule has 0 bridgehead atoms. The highest BCUT2D eigenvalue weighted by Crippen LogP contribution is 2.30. The van der Waals surface area contributed by atoms with Crippen LogP contribution in [-0.2, 0) is 5.75 Å². The third-order valence-electron chi connectivity index (χ3n) is 5.36. The zero-order chi connectivity index (χ0) is 18.5.